The molecule has 2 aromatic rings. The topological polar surface area (TPSA) is 112 Å². The van der Waals surface area contributed by atoms with Gasteiger partial charge in [-0.3, -0.25) is 14.4 Å². The number of hydrogen-bond donors (Lipinski definition) is 2. The van der Waals surface area contributed by atoms with Crippen LogP contribution in [0.25, 0.3) is 0 Å². The zero-order valence-corrected chi connectivity index (χ0v) is 14.2. The maximum atomic E-state index is 11.7. The van der Waals surface area contributed by atoms with E-state index in [1.807, 2.05) is 12.1 Å². The van der Waals surface area contributed by atoms with Crippen LogP contribution in [-0.2, 0) is 14.3 Å². The number of pyridine rings is 1. The lowest BCUT2D eigenvalue weighted by Crippen LogP contribution is -2.21. The van der Waals surface area contributed by atoms with Crippen molar-refractivity contribution in [2.24, 2.45) is 0 Å². The average Bonchev–Trinajstić information content (AvgIpc) is 2.58. The van der Waals surface area contributed by atoms with Gasteiger partial charge in [-0.25, -0.2) is 0 Å². The van der Waals surface area contributed by atoms with Crippen molar-refractivity contribution in [3.8, 4) is 6.07 Å². The summed E-state index contributed by atoms with van der Waals surface area (Å²) in [6.45, 7) is 1.23. The third-order valence-electron chi connectivity index (χ3n) is 3.07. The van der Waals surface area contributed by atoms with E-state index in [0.717, 1.165) is 11.8 Å². The van der Waals surface area contributed by atoms with Crippen molar-refractivity contribution in [3.63, 3.8) is 0 Å². The van der Waals surface area contributed by atoms with Gasteiger partial charge in [0.05, 0.1) is 16.3 Å². The standard InChI is InChI=1S/C17H15N3O4S/c1-11-7-14(21)20-17(13(11)8-18)25-10-16(23)24-9-15(22)19-12-5-3-2-4-6-12/h2-7H,9-10H2,1H3,(H,19,22)(H,20,21). The first kappa shape index (κ1) is 18.3. The van der Waals surface area contributed by atoms with Crippen LogP contribution in [0.3, 0.4) is 0 Å². The Kier molecular flexibility index (Phi) is 6.37. The second-order valence-corrected chi connectivity index (χ2v) is 5.98. The first-order valence-electron chi connectivity index (χ1n) is 7.27. The summed E-state index contributed by atoms with van der Waals surface area (Å²) >= 11 is 0.979. The summed E-state index contributed by atoms with van der Waals surface area (Å²) in [5.74, 6) is -1.21. The Hall–Kier alpha value is -3.05. The molecule has 7 nitrogen and oxygen atoms in total. The summed E-state index contributed by atoms with van der Waals surface area (Å²) in [5.41, 5.74) is 1.09. The van der Waals surface area contributed by atoms with E-state index >= 15 is 0 Å². The van der Waals surface area contributed by atoms with Crippen molar-refractivity contribution in [1.82, 2.24) is 4.98 Å². The summed E-state index contributed by atoms with van der Waals surface area (Å²) in [6, 6.07) is 12.1. The molecule has 0 aliphatic carbocycles. The fourth-order valence-corrected chi connectivity index (χ4v) is 2.81. The molecule has 0 unspecified atom stereocenters. The maximum Gasteiger partial charge on any atom is 0.316 e. The second kappa shape index (κ2) is 8.70. The lowest BCUT2D eigenvalue weighted by molar-refractivity contribution is -0.144. The lowest BCUT2D eigenvalue weighted by atomic mass is 10.2. The van der Waals surface area contributed by atoms with Gasteiger partial charge in [-0.2, -0.15) is 5.26 Å². The molecule has 25 heavy (non-hydrogen) atoms. The van der Waals surface area contributed by atoms with Crippen LogP contribution in [-0.4, -0.2) is 29.2 Å². The van der Waals surface area contributed by atoms with E-state index in [1.165, 1.54) is 6.07 Å². The highest BCUT2D eigenvalue weighted by Crippen LogP contribution is 2.20. The number of nitrogens with one attached hydrogen (secondary N) is 2. The van der Waals surface area contributed by atoms with Crippen LogP contribution in [0.15, 0.2) is 46.2 Å². The van der Waals surface area contributed by atoms with Crippen LogP contribution in [0, 0.1) is 18.3 Å². The highest BCUT2D eigenvalue weighted by molar-refractivity contribution is 7.99. The van der Waals surface area contributed by atoms with Crippen LogP contribution >= 0.6 is 11.8 Å². The highest BCUT2D eigenvalue weighted by atomic mass is 32.2. The number of esters is 1. The molecule has 0 aliphatic heterocycles. The number of ether oxygens (including phenoxy) is 1. The summed E-state index contributed by atoms with van der Waals surface area (Å²) in [6.07, 6.45) is 0. The number of rotatable bonds is 6. The molecule has 1 amide bonds. The second-order valence-electron chi connectivity index (χ2n) is 5.00. The van der Waals surface area contributed by atoms with Gasteiger partial charge in [0.15, 0.2) is 6.61 Å². The Bertz CT molecular complexity index is 872. The van der Waals surface area contributed by atoms with Gasteiger partial charge >= 0.3 is 5.97 Å². The Balaban J connectivity index is 1.84. The summed E-state index contributed by atoms with van der Waals surface area (Å²) < 4.78 is 4.89. The predicted molar refractivity (Wildman–Crippen MR) is 93.3 cm³/mol. The highest BCUT2D eigenvalue weighted by Gasteiger charge is 2.12. The minimum absolute atomic E-state index is 0.132. The largest absolute Gasteiger partial charge is 0.455 e. The molecular weight excluding hydrogens is 342 g/mol. The van der Waals surface area contributed by atoms with Crippen molar-refractivity contribution < 1.29 is 14.3 Å². The van der Waals surface area contributed by atoms with Crippen molar-refractivity contribution in [3.05, 3.63) is 57.9 Å². The molecule has 2 N–H and O–H groups in total. The van der Waals surface area contributed by atoms with Gasteiger partial charge in [-0.05, 0) is 24.6 Å². The van der Waals surface area contributed by atoms with Gasteiger partial charge < -0.3 is 15.0 Å². The molecule has 0 saturated heterocycles. The number of aryl methyl sites for hydroxylation is 1. The molecule has 0 saturated carbocycles. The van der Waals surface area contributed by atoms with Gasteiger partial charge in [-0.1, -0.05) is 30.0 Å². The molecule has 0 aliphatic rings. The number of thioether (sulfide) groups is 1. The Morgan fingerprint density at radius 2 is 2.04 bits per heavy atom. The van der Waals surface area contributed by atoms with Crippen LogP contribution in [0.4, 0.5) is 5.69 Å². The molecule has 0 fully saturated rings. The number of aromatic nitrogens is 1. The number of nitriles is 1. The number of benzene rings is 1. The molecular formula is C17H15N3O4S. The van der Waals surface area contributed by atoms with E-state index in [-0.39, 0.29) is 11.3 Å². The monoisotopic (exact) mass is 357 g/mol. The Morgan fingerprint density at radius 1 is 1.32 bits per heavy atom. The van der Waals surface area contributed by atoms with Gasteiger partial charge in [0.1, 0.15) is 6.07 Å². The van der Waals surface area contributed by atoms with E-state index < -0.39 is 18.5 Å². The van der Waals surface area contributed by atoms with Crippen molar-refractivity contribution >= 4 is 29.3 Å². The van der Waals surface area contributed by atoms with Gasteiger partial charge in [0.25, 0.3) is 5.91 Å². The number of para-hydroxylation sites is 1. The van der Waals surface area contributed by atoms with Crippen LogP contribution in [0.1, 0.15) is 11.1 Å². The Morgan fingerprint density at radius 3 is 2.72 bits per heavy atom. The van der Waals surface area contributed by atoms with Crippen LogP contribution < -0.4 is 10.9 Å². The molecule has 1 heterocycles. The molecule has 0 spiro atoms. The van der Waals surface area contributed by atoms with Gasteiger partial charge in [0.2, 0.25) is 5.56 Å². The molecule has 0 bridgehead atoms. The maximum absolute atomic E-state index is 11.7. The number of H-pyrrole nitrogens is 1. The summed E-state index contributed by atoms with van der Waals surface area (Å²) in [4.78, 5) is 37.4. The number of aromatic amines is 1. The third-order valence-corrected chi connectivity index (χ3v) is 4.05. The molecule has 1 aromatic carbocycles. The minimum atomic E-state index is -0.626. The zero-order chi connectivity index (χ0) is 18.2. The normalized spacial score (nSPS) is 9.92. The fourth-order valence-electron chi connectivity index (χ4n) is 1.94. The predicted octanol–water partition coefficient (Wildman–Crippen LogP) is 1.83. The molecule has 2 rings (SSSR count). The quantitative estimate of drug-likeness (QED) is 0.602. The van der Waals surface area contributed by atoms with Gasteiger partial charge in [0, 0.05) is 11.8 Å². The molecule has 0 atom stereocenters. The SMILES string of the molecule is Cc1cc(=O)[nH]c(SCC(=O)OCC(=O)Nc2ccccc2)c1C#N. The molecule has 128 valence electrons. The van der Waals surface area contributed by atoms with E-state index in [0.29, 0.717) is 21.8 Å². The molecule has 8 heteroatoms. The fraction of sp³-hybridized carbons (Fsp3) is 0.176. The third kappa shape index (κ3) is 5.51. The number of carbonyl (C=O) groups is 2. The molecule has 1 aromatic heterocycles. The number of amides is 1. The van der Waals surface area contributed by atoms with E-state index in [2.05, 4.69) is 10.3 Å². The number of carbonyl (C=O) groups excluding carboxylic acids is 2. The van der Waals surface area contributed by atoms with E-state index in [9.17, 15) is 14.4 Å². The number of anilines is 1. The number of nitrogens with zero attached hydrogens (tertiary/aromatic N) is 1. The van der Waals surface area contributed by atoms with Crippen molar-refractivity contribution in [2.45, 2.75) is 11.9 Å². The van der Waals surface area contributed by atoms with Gasteiger partial charge in [-0.15, -0.1) is 0 Å². The summed E-state index contributed by atoms with van der Waals surface area (Å²) in [7, 11) is 0. The average molecular weight is 357 g/mol. The lowest BCUT2D eigenvalue weighted by Gasteiger charge is -2.07. The van der Waals surface area contributed by atoms with Crippen molar-refractivity contribution in [1.29, 1.82) is 5.26 Å². The van der Waals surface area contributed by atoms with E-state index in [4.69, 9.17) is 10.00 Å². The zero-order valence-electron chi connectivity index (χ0n) is 13.4. The summed E-state index contributed by atoms with van der Waals surface area (Å²) in [5, 5.41) is 12.0. The molecule has 0 radical (unpaired) electrons. The first-order valence-corrected chi connectivity index (χ1v) is 8.25. The van der Waals surface area contributed by atoms with Crippen molar-refractivity contribution in [2.75, 3.05) is 17.7 Å². The number of hydrogen-bond acceptors (Lipinski definition) is 6. The van der Waals surface area contributed by atoms with Crippen LogP contribution in [0.5, 0.6) is 0 Å². The van der Waals surface area contributed by atoms with E-state index in [1.54, 1.807) is 31.2 Å². The Labute approximate surface area is 148 Å². The first-order chi connectivity index (χ1) is 12.0. The van der Waals surface area contributed by atoms with Crippen LogP contribution in [0.2, 0.25) is 0 Å². The smallest absolute Gasteiger partial charge is 0.316 e. The minimum Gasteiger partial charge on any atom is -0.455 e.